The summed E-state index contributed by atoms with van der Waals surface area (Å²) < 4.78 is 0. The molecule has 0 saturated heterocycles. The van der Waals surface area contributed by atoms with E-state index in [4.69, 9.17) is 11.0 Å². The van der Waals surface area contributed by atoms with E-state index in [1.54, 1.807) is 20.2 Å². The summed E-state index contributed by atoms with van der Waals surface area (Å²) in [6.45, 7) is 0. The number of hydrogen-bond acceptors (Lipinski definition) is 9. The minimum absolute atomic E-state index is 0.0407. The molecular formula is C25H27N3O7. The topological polar surface area (TPSA) is 185 Å². The molecule has 0 bridgehead atoms. The van der Waals surface area contributed by atoms with Gasteiger partial charge in [-0.25, -0.2) is 0 Å². The smallest absolute Gasteiger partial charge is 0.255 e. The van der Waals surface area contributed by atoms with Gasteiger partial charge in [-0.2, -0.15) is 5.26 Å². The predicted molar refractivity (Wildman–Crippen MR) is 123 cm³/mol. The maximum Gasteiger partial charge on any atom is 0.255 e. The Morgan fingerprint density at radius 2 is 1.94 bits per heavy atom. The first-order valence-electron chi connectivity index (χ1n) is 11.3. The Morgan fingerprint density at radius 3 is 2.54 bits per heavy atom. The number of benzene rings is 1. The highest BCUT2D eigenvalue weighted by molar-refractivity contribution is 6.24. The number of primary amides is 1. The standard InChI is InChI=1S/C25H27N3O7/c1-28(2)19-14-10-12-9-13-11(5-3-4-8-26)6-7-15(29)17(13)20(30)16(12)22(32)25(14,35)23(33)18(21(19)31)24(27)34/h6-7,12,14,19,29-30,33,35H,3-5,9-10H2,1-2H3,(H2,27,34)/t12-,14-,19-,25-/m0/s1. The van der Waals surface area contributed by atoms with Crippen LogP contribution in [0, 0.1) is 23.2 Å². The second-order valence-electron chi connectivity index (χ2n) is 9.57. The lowest BCUT2D eigenvalue weighted by atomic mass is 9.57. The number of fused-ring (bicyclic) bond motifs is 3. The molecule has 0 radical (unpaired) electrons. The zero-order chi connectivity index (χ0) is 25.8. The number of rotatable bonds is 5. The fourth-order valence-corrected chi connectivity index (χ4v) is 5.90. The van der Waals surface area contributed by atoms with Crippen molar-refractivity contribution in [3.05, 3.63) is 45.7 Å². The van der Waals surface area contributed by atoms with Crippen molar-refractivity contribution in [3.8, 4) is 11.8 Å². The number of hydrogen-bond donors (Lipinski definition) is 5. The van der Waals surface area contributed by atoms with Crippen molar-refractivity contribution < 1.29 is 34.8 Å². The first-order chi connectivity index (χ1) is 16.5. The number of aliphatic hydroxyl groups excluding tert-OH is 2. The van der Waals surface area contributed by atoms with Crippen LogP contribution < -0.4 is 5.73 Å². The zero-order valence-electron chi connectivity index (χ0n) is 19.4. The SMILES string of the molecule is CN(C)[C@@H]1C(=O)C(C(N)=O)=C(O)[C@@]2(O)C(=O)C3=C(O)c4c(O)ccc(CCCC#N)c4C[C@H]3C[C@@H]12. The molecule has 6 N–H and O–H groups in total. The van der Waals surface area contributed by atoms with Gasteiger partial charge in [0, 0.05) is 17.9 Å². The van der Waals surface area contributed by atoms with Crippen molar-refractivity contribution >= 4 is 23.2 Å². The molecule has 0 aromatic heterocycles. The van der Waals surface area contributed by atoms with Crippen LogP contribution in [0.4, 0.5) is 0 Å². The van der Waals surface area contributed by atoms with E-state index < -0.39 is 58.0 Å². The number of ketones is 2. The van der Waals surface area contributed by atoms with Gasteiger partial charge in [0.05, 0.1) is 17.7 Å². The fraction of sp³-hybridized carbons (Fsp3) is 0.440. The summed E-state index contributed by atoms with van der Waals surface area (Å²) in [5, 5.41) is 52.9. The minimum atomic E-state index is -2.65. The Balaban J connectivity index is 1.92. The van der Waals surface area contributed by atoms with Crippen LogP contribution in [0.2, 0.25) is 0 Å². The van der Waals surface area contributed by atoms with E-state index in [9.17, 15) is 34.8 Å². The van der Waals surface area contributed by atoms with Crippen molar-refractivity contribution in [2.24, 2.45) is 17.6 Å². The Kier molecular flexibility index (Phi) is 5.95. The molecule has 4 rings (SSSR count). The number of aromatic hydroxyl groups is 1. The third kappa shape index (κ3) is 3.42. The van der Waals surface area contributed by atoms with Crippen LogP contribution >= 0.6 is 0 Å². The molecule has 4 atom stereocenters. The van der Waals surface area contributed by atoms with Gasteiger partial charge in [-0.15, -0.1) is 0 Å². The van der Waals surface area contributed by atoms with Crippen LogP contribution in [0.5, 0.6) is 5.75 Å². The number of amides is 1. The van der Waals surface area contributed by atoms with Crippen molar-refractivity contribution in [1.82, 2.24) is 4.90 Å². The molecule has 184 valence electrons. The second-order valence-corrected chi connectivity index (χ2v) is 9.57. The molecule has 3 aliphatic carbocycles. The van der Waals surface area contributed by atoms with Crippen LogP contribution in [0.3, 0.4) is 0 Å². The number of carbonyl (C=O) groups excluding carboxylic acids is 3. The van der Waals surface area contributed by atoms with E-state index in [2.05, 4.69) is 6.07 Å². The van der Waals surface area contributed by atoms with Crippen molar-refractivity contribution in [2.45, 2.75) is 43.7 Å². The maximum atomic E-state index is 13.7. The highest BCUT2D eigenvalue weighted by atomic mass is 16.3. The highest BCUT2D eigenvalue weighted by Gasteiger charge is 2.64. The fourth-order valence-electron chi connectivity index (χ4n) is 5.90. The number of likely N-dealkylation sites (N-methyl/N-ethyl adjacent to an activating group) is 1. The summed E-state index contributed by atoms with van der Waals surface area (Å²) in [6, 6.07) is 4.07. The third-order valence-corrected chi connectivity index (χ3v) is 7.44. The average molecular weight is 482 g/mol. The number of aryl methyl sites for hydroxylation is 1. The van der Waals surface area contributed by atoms with Crippen LogP contribution in [0.1, 0.15) is 36.0 Å². The molecule has 1 aromatic rings. The number of nitriles is 1. The van der Waals surface area contributed by atoms with Crippen LogP contribution in [-0.2, 0) is 27.2 Å². The first kappa shape index (κ1) is 24.4. The van der Waals surface area contributed by atoms with Gasteiger partial charge in [0.1, 0.15) is 22.8 Å². The quantitative estimate of drug-likeness (QED) is 0.300. The number of aliphatic hydroxyl groups is 3. The molecule has 1 aromatic carbocycles. The molecule has 0 aliphatic heterocycles. The van der Waals surface area contributed by atoms with Gasteiger partial charge in [-0.05, 0) is 62.9 Å². The number of nitrogens with zero attached hydrogens (tertiary/aromatic N) is 2. The molecular weight excluding hydrogens is 454 g/mol. The summed E-state index contributed by atoms with van der Waals surface area (Å²) in [4.78, 5) is 40.3. The summed E-state index contributed by atoms with van der Waals surface area (Å²) in [5.74, 6) is -6.69. The Morgan fingerprint density at radius 1 is 1.26 bits per heavy atom. The molecule has 0 spiro atoms. The Bertz CT molecular complexity index is 1260. The van der Waals surface area contributed by atoms with Crippen LogP contribution in [0.25, 0.3) is 5.76 Å². The first-order valence-corrected chi connectivity index (χ1v) is 11.3. The van der Waals surface area contributed by atoms with Gasteiger partial charge in [0.2, 0.25) is 5.78 Å². The highest BCUT2D eigenvalue weighted by Crippen LogP contribution is 2.52. The number of unbranched alkanes of at least 4 members (excludes halogenated alkanes) is 1. The molecule has 10 nitrogen and oxygen atoms in total. The second kappa shape index (κ2) is 8.52. The van der Waals surface area contributed by atoms with Gasteiger partial charge in [-0.1, -0.05) is 6.07 Å². The number of Topliss-reactive ketones (excluding diaryl/α,β-unsaturated/α-hetero) is 2. The Labute approximate surface area is 201 Å². The van der Waals surface area contributed by atoms with Gasteiger partial charge in [0.15, 0.2) is 11.4 Å². The number of carbonyl (C=O) groups is 3. The van der Waals surface area contributed by atoms with E-state index in [-0.39, 0.29) is 29.7 Å². The van der Waals surface area contributed by atoms with Gasteiger partial charge in [0.25, 0.3) is 5.91 Å². The van der Waals surface area contributed by atoms with E-state index in [0.29, 0.717) is 24.8 Å². The van der Waals surface area contributed by atoms with Gasteiger partial charge >= 0.3 is 0 Å². The van der Waals surface area contributed by atoms with E-state index >= 15 is 0 Å². The predicted octanol–water partition coefficient (Wildman–Crippen LogP) is 0.810. The third-order valence-electron chi connectivity index (χ3n) is 7.44. The van der Waals surface area contributed by atoms with E-state index in [1.807, 2.05) is 0 Å². The van der Waals surface area contributed by atoms with Crippen LogP contribution in [0.15, 0.2) is 29.0 Å². The maximum absolute atomic E-state index is 13.7. The number of phenolic OH excluding ortho intramolecular Hbond substituents is 1. The summed E-state index contributed by atoms with van der Waals surface area (Å²) in [7, 11) is 3.11. The molecule has 10 heteroatoms. The van der Waals surface area contributed by atoms with Gasteiger partial charge < -0.3 is 26.2 Å². The average Bonchev–Trinajstić information content (AvgIpc) is 2.77. The molecule has 1 saturated carbocycles. The molecule has 35 heavy (non-hydrogen) atoms. The molecule has 0 heterocycles. The Hall–Kier alpha value is -3.68. The minimum Gasteiger partial charge on any atom is -0.508 e. The van der Waals surface area contributed by atoms with E-state index in [0.717, 1.165) is 5.56 Å². The van der Waals surface area contributed by atoms with Crippen molar-refractivity contribution in [3.63, 3.8) is 0 Å². The van der Waals surface area contributed by atoms with Crippen LogP contribution in [-0.4, -0.2) is 68.5 Å². The molecule has 1 fully saturated rings. The lowest BCUT2D eigenvalue weighted by molar-refractivity contribution is -0.153. The summed E-state index contributed by atoms with van der Waals surface area (Å²) >= 11 is 0. The largest absolute Gasteiger partial charge is 0.508 e. The monoisotopic (exact) mass is 481 g/mol. The van der Waals surface area contributed by atoms with Gasteiger partial charge in [-0.3, -0.25) is 19.3 Å². The molecule has 0 unspecified atom stereocenters. The van der Waals surface area contributed by atoms with Crippen molar-refractivity contribution in [1.29, 1.82) is 5.26 Å². The zero-order valence-corrected chi connectivity index (χ0v) is 19.4. The number of nitrogens with two attached hydrogens (primary N) is 1. The molecule has 3 aliphatic rings. The normalized spacial score (nSPS) is 27.9. The summed E-state index contributed by atoms with van der Waals surface area (Å²) in [6.07, 6.45) is 1.71. The lowest BCUT2D eigenvalue weighted by Crippen LogP contribution is -2.65. The number of phenols is 1. The molecule has 1 amide bonds. The van der Waals surface area contributed by atoms with E-state index in [1.165, 1.54) is 11.0 Å². The summed E-state index contributed by atoms with van der Waals surface area (Å²) in [5.41, 5.74) is 3.16. The van der Waals surface area contributed by atoms with Crippen molar-refractivity contribution in [2.75, 3.05) is 14.1 Å². The lowest BCUT2D eigenvalue weighted by Gasteiger charge is -2.50.